The molecule has 1 heterocycles. The van der Waals surface area contributed by atoms with Crippen LogP contribution in [-0.2, 0) is 0 Å². The van der Waals surface area contributed by atoms with Gasteiger partial charge >= 0.3 is 0 Å². The topological polar surface area (TPSA) is 38.9 Å². The third-order valence-electron chi connectivity index (χ3n) is 2.43. The summed E-state index contributed by atoms with van der Waals surface area (Å²) in [5.74, 6) is 1.05. The minimum atomic E-state index is 0.173. The van der Waals surface area contributed by atoms with Crippen LogP contribution >= 0.6 is 0 Å². The minimum Gasteiger partial charge on any atom is -0.327 e. The summed E-state index contributed by atoms with van der Waals surface area (Å²) in [5, 5.41) is 0. The lowest BCUT2D eigenvalue weighted by Gasteiger charge is -2.21. The lowest BCUT2D eigenvalue weighted by molar-refractivity contribution is 0.442. The van der Waals surface area contributed by atoms with E-state index in [4.69, 9.17) is 5.73 Å². The second-order valence-corrected chi connectivity index (χ2v) is 4.35. The van der Waals surface area contributed by atoms with E-state index >= 15 is 0 Å². The monoisotopic (exact) mass is 192 g/mol. The van der Waals surface area contributed by atoms with Gasteiger partial charge in [0.1, 0.15) is 0 Å². The molecule has 1 rings (SSSR count). The molecule has 0 aliphatic rings. The highest BCUT2D eigenvalue weighted by molar-refractivity contribution is 5.11. The molecule has 14 heavy (non-hydrogen) atoms. The highest BCUT2D eigenvalue weighted by atomic mass is 14.7. The van der Waals surface area contributed by atoms with E-state index in [1.807, 2.05) is 18.3 Å². The fraction of sp³-hybridized carbons (Fsp3) is 0.583. The van der Waals surface area contributed by atoms with Gasteiger partial charge in [-0.2, -0.15) is 0 Å². The average Bonchev–Trinajstić information content (AvgIpc) is 2.15. The lowest BCUT2D eigenvalue weighted by Crippen LogP contribution is -2.26. The van der Waals surface area contributed by atoms with Crippen molar-refractivity contribution in [2.24, 2.45) is 11.7 Å². The first kappa shape index (κ1) is 11.2. The number of aromatic nitrogens is 1. The molecule has 2 heteroatoms. The first-order valence-corrected chi connectivity index (χ1v) is 5.27. The van der Waals surface area contributed by atoms with E-state index in [1.165, 1.54) is 0 Å². The van der Waals surface area contributed by atoms with Crippen molar-refractivity contribution in [3.05, 3.63) is 30.1 Å². The highest BCUT2D eigenvalue weighted by Gasteiger charge is 2.18. The van der Waals surface area contributed by atoms with Crippen LogP contribution in [0.1, 0.15) is 38.8 Å². The zero-order valence-corrected chi connectivity index (χ0v) is 9.27. The second kappa shape index (κ2) is 5.11. The van der Waals surface area contributed by atoms with Gasteiger partial charge in [0.15, 0.2) is 0 Å². The molecule has 78 valence electrons. The van der Waals surface area contributed by atoms with Crippen LogP contribution in [0.2, 0.25) is 0 Å². The van der Waals surface area contributed by atoms with Gasteiger partial charge < -0.3 is 5.73 Å². The number of hydrogen-bond acceptors (Lipinski definition) is 2. The Morgan fingerprint density at radius 2 is 2.00 bits per heavy atom. The van der Waals surface area contributed by atoms with Gasteiger partial charge in [-0.15, -0.1) is 0 Å². The molecule has 0 bridgehead atoms. The quantitative estimate of drug-likeness (QED) is 0.796. The van der Waals surface area contributed by atoms with Crippen molar-refractivity contribution in [2.75, 3.05) is 0 Å². The standard InChI is InChI=1S/C12H20N2/c1-9(2)8-11(10(3)13)12-6-4-5-7-14-12/h4-7,9-11H,8,13H2,1-3H3. The number of nitrogens with zero attached hydrogens (tertiary/aromatic N) is 1. The van der Waals surface area contributed by atoms with E-state index in [2.05, 4.69) is 31.8 Å². The Kier molecular flexibility index (Phi) is 4.08. The Balaban J connectivity index is 2.78. The first-order valence-electron chi connectivity index (χ1n) is 5.27. The largest absolute Gasteiger partial charge is 0.327 e. The lowest BCUT2D eigenvalue weighted by atomic mass is 9.88. The molecule has 2 atom stereocenters. The van der Waals surface area contributed by atoms with Crippen molar-refractivity contribution < 1.29 is 0 Å². The van der Waals surface area contributed by atoms with Crippen LogP contribution in [0, 0.1) is 5.92 Å². The minimum absolute atomic E-state index is 0.173. The summed E-state index contributed by atoms with van der Waals surface area (Å²) in [6.45, 7) is 6.50. The molecule has 2 N–H and O–H groups in total. The molecular formula is C12H20N2. The zero-order chi connectivity index (χ0) is 10.6. The van der Waals surface area contributed by atoms with Crippen molar-refractivity contribution in [1.29, 1.82) is 0 Å². The fourth-order valence-electron chi connectivity index (χ4n) is 1.71. The van der Waals surface area contributed by atoms with Gasteiger partial charge in [-0.3, -0.25) is 4.98 Å². The SMILES string of the molecule is CC(C)CC(c1ccccn1)C(C)N. The molecule has 0 radical (unpaired) electrons. The molecule has 0 saturated carbocycles. The van der Waals surface area contributed by atoms with E-state index in [0.29, 0.717) is 11.8 Å². The Labute approximate surface area is 86.5 Å². The first-order chi connectivity index (χ1) is 6.61. The second-order valence-electron chi connectivity index (χ2n) is 4.35. The van der Waals surface area contributed by atoms with Crippen molar-refractivity contribution in [3.63, 3.8) is 0 Å². The van der Waals surface area contributed by atoms with Crippen LogP contribution in [0.5, 0.6) is 0 Å². The number of pyridine rings is 1. The maximum absolute atomic E-state index is 5.98. The summed E-state index contributed by atoms with van der Waals surface area (Å²) in [4.78, 5) is 4.37. The number of nitrogens with two attached hydrogens (primary N) is 1. The van der Waals surface area contributed by atoms with Crippen LogP contribution in [0.4, 0.5) is 0 Å². The molecule has 0 amide bonds. The molecular weight excluding hydrogens is 172 g/mol. The van der Waals surface area contributed by atoms with E-state index in [0.717, 1.165) is 12.1 Å². The van der Waals surface area contributed by atoms with E-state index in [1.54, 1.807) is 0 Å². The van der Waals surface area contributed by atoms with Crippen molar-refractivity contribution >= 4 is 0 Å². The molecule has 0 fully saturated rings. The predicted octanol–water partition coefficient (Wildman–Crippen LogP) is 2.56. The molecule has 2 unspecified atom stereocenters. The maximum atomic E-state index is 5.98. The van der Waals surface area contributed by atoms with Gasteiger partial charge in [0.25, 0.3) is 0 Å². The van der Waals surface area contributed by atoms with Crippen molar-refractivity contribution in [2.45, 2.75) is 39.2 Å². The zero-order valence-electron chi connectivity index (χ0n) is 9.27. The molecule has 0 aliphatic heterocycles. The van der Waals surface area contributed by atoms with Gasteiger partial charge in [0.05, 0.1) is 0 Å². The normalized spacial score (nSPS) is 15.5. The van der Waals surface area contributed by atoms with Crippen LogP contribution in [0.15, 0.2) is 24.4 Å². The third-order valence-corrected chi connectivity index (χ3v) is 2.43. The van der Waals surface area contributed by atoms with Crippen LogP contribution in [0.25, 0.3) is 0 Å². The predicted molar refractivity (Wildman–Crippen MR) is 60.1 cm³/mol. The Morgan fingerprint density at radius 3 is 2.43 bits per heavy atom. The van der Waals surface area contributed by atoms with Gasteiger partial charge in [-0.25, -0.2) is 0 Å². The van der Waals surface area contributed by atoms with Crippen LogP contribution in [-0.4, -0.2) is 11.0 Å². The molecule has 1 aromatic heterocycles. The molecule has 0 aliphatic carbocycles. The molecule has 0 aromatic carbocycles. The van der Waals surface area contributed by atoms with Crippen LogP contribution < -0.4 is 5.73 Å². The van der Waals surface area contributed by atoms with Gasteiger partial charge in [0, 0.05) is 23.9 Å². The van der Waals surface area contributed by atoms with Gasteiger partial charge in [-0.1, -0.05) is 19.9 Å². The summed E-state index contributed by atoms with van der Waals surface area (Å²) in [5.41, 5.74) is 7.10. The van der Waals surface area contributed by atoms with Crippen molar-refractivity contribution in [3.8, 4) is 0 Å². The Hall–Kier alpha value is -0.890. The van der Waals surface area contributed by atoms with Crippen LogP contribution in [0.3, 0.4) is 0 Å². The average molecular weight is 192 g/mol. The molecule has 0 spiro atoms. The Bertz CT molecular complexity index is 254. The highest BCUT2D eigenvalue weighted by Crippen LogP contribution is 2.24. The van der Waals surface area contributed by atoms with Crippen molar-refractivity contribution in [1.82, 2.24) is 4.98 Å². The van der Waals surface area contributed by atoms with Gasteiger partial charge in [0.2, 0.25) is 0 Å². The Morgan fingerprint density at radius 1 is 1.29 bits per heavy atom. The number of rotatable bonds is 4. The summed E-state index contributed by atoms with van der Waals surface area (Å²) < 4.78 is 0. The summed E-state index contributed by atoms with van der Waals surface area (Å²) in [6, 6.07) is 6.21. The summed E-state index contributed by atoms with van der Waals surface area (Å²) >= 11 is 0. The summed E-state index contributed by atoms with van der Waals surface area (Å²) in [6.07, 6.45) is 2.94. The molecule has 2 nitrogen and oxygen atoms in total. The van der Waals surface area contributed by atoms with Gasteiger partial charge in [-0.05, 0) is 31.4 Å². The van der Waals surface area contributed by atoms with E-state index < -0.39 is 0 Å². The summed E-state index contributed by atoms with van der Waals surface area (Å²) in [7, 11) is 0. The maximum Gasteiger partial charge on any atom is 0.0449 e. The third kappa shape index (κ3) is 3.11. The molecule has 1 aromatic rings. The number of hydrogen-bond donors (Lipinski definition) is 1. The van der Waals surface area contributed by atoms with E-state index in [9.17, 15) is 0 Å². The smallest absolute Gasteiger partial charge is 0.0449 e. The fourth-order valence-corrected chi connectivity index (χ4v) is 1.71. The molecule has 0 saturated heterocycles. The van der Waals surface area contributed by atoms with E-state index in [-0.39, 0.29) is 6.04 Å².